The monoisotopic (exact) mass is 320 g/mol. The molecule has 4 heteroatoms. The molecule has 0 saturated heterocycles. The summed E-state index contributed by atoms with van der Waals surface area (Å²) in [6, 6.07) is 8.18. The SMILES string of the molecule is COc1c(C)cc(C)cc1N(C)c1ccc(Br)cn1. The van der Waals surface area contributed by atoms with Crippen molar-refractivity contribution in [2.75, 3.05) is 19.1 Å². The van der Waals surface area contributed by atoms with E-state index < -0.39 is 0 Å². The van der Waals surface area contributed by atoms with Crippen molar-refractivity contribution in [2.45, 2.75) is 13.8 Å². The molecule has 0 radical (unpaired) electrons. The molecule has 1 aromatic carbocycles. The number of nitrogens with zero attached hydrogens (tertiary/aromatic N) is 2. The third-order valence-electron chi connectivity index (χ3n) is 3.02. The summed E-state index contributed by atoms with van der Waals surface area (Å²) in [5.41, 5.74) is 3.36. The van der Waals surface area contributed by atoms with Gasteiger partial charge in [0.25, 0.3) is 0 Å². The van der Waals surface area contributed by atoms with E-state index in [9.17, 15) is 0 Å². The normalized spacial score (nSPS) is 10.4. The number of benzene rings is 1. The predicted octanol–water partition coefficient (Wildman–Crippen LogP) is 4.24. The van der Waals surface area contributed by atoms with E-state index in [1.165, 1.54) is 5.56 Å². The Kier molecular flexibility index (Phi) is 4.10. The number of rotatable bonds is 3. The van der Waals surface area contributed by atoms with Gasteiger partial charge in [0.1, 0.15) is 11.6 Å². The van der Waals surface area contributed by atoms with Crippen molar-refractivity contribution in [1.82, 2.24) is 4.98 Å². The molecule has 100 valence electrons. The molecule has 0 atom stereocenters. The highest BCUT2D eigenvalue weighted by Crippen LogP contribution is 2.35. The number of halogens is 1. The molecular formula is C15H17BrN2O. The topological polar surface area (TPSA) is 25.4 Å². The average Bonchev–Trinajstić information content (AvgIpc) is 2.38. The molecule has 0 fully saturated rings. The maximum atomic E-state index is 5.52. The zero-order chi connectivity index (χ0) is 14.0. The lowest BCUT2D eigenvalue weighted by atomic mass is 10.1. The van der Waals surface area contributed by atoms with Gasteiger partial charge in [-0.15, -0.1) is 0 Å². The molecule has 0 amide bonds. The standard InChI is InChI=1S/C15H17BrN2O/c1-10-7-11(2)15(19-4)13(8-10)18(3)14-6-5-12(16)9-17-14/h5-9H,1-4H3. The van der Waals surface area contributed by atoms with Crippen LogP contribution in [0.2, 0.25) is 0 Å². The van der Waals surface area contributed by atoms with Crippen molar-refractivity contribution < 1.29 is 4.74 Å². The highest BCUT2D eigenvalue weighted by molar-refractivity contribution is 9.10. The predicted molar refractivity (Wildman–Crippen MR) is 82.5 cm³/mol. The van der Waals surface area contributed by atoms with Gasteiger partial charge in [-0.3, -0.25) is 0 Å². The van der Waals surface area contributed by atoms with Gasteiger partial charge in [0.15, 0.2) is 0 Å². The van der Waals surface area contributed by atoms with E-state index in [4.69, 9.17) is 4.74 Å². The highest BCUT2D eigenvalue weighted by atomic mass is 79.9. The number of ether oxygens (including phenoxy) is 1. The Morgan fingerprint density at radius 1 is 1.21 bits per heavy atom. The van der Waals surface area contributed by atoms with Crippen LogP contribution in [0.3, 0.4) is 0 Å². The Bertz CT molecular complexity index is 581. The molecule has 3 nitrogen and oxygen atoms in total. The molecule has 0 bridgehead atoms. The molecular weight excluding hydrogens is 304 g/mol. The molecule has 2 aromatic rings. The minimum atomic E-state index is 0.881. The lowest BCUT2D eigenvalue weighted by Gasteiger charge is -2.22. The minimum absolute atomic E-state index is 0.881. The van der Waals surface area contributed by atoms with Crippen LogP contribution < -0.4 is 9.64 Å². The van der Waals surface area contributed by atoms with Gasteiger partial charge >= 0.3 is 0 Å². The maximum absolute atomic E-state index is 5.52. The zero-order valence-corrected chi connectivity index (χ0v) is 13.2. The van der Waals surface area contributed by atoms with Crippen LogP contribution in [-0.2, 0) is 0 Å². The summed E-state index contributed by atoms with van der Waals surface area (Å²) in [7, 11) is 3.69. The van der Waals surface area contributed by atoms with E-state index in [1.54, 1.807) is 13.3 Å². The van der Waals surface area contributed by atoms with Crippen molar-refractivity contribution in [3.8, 4) is 5.75 Å². The number of methoxy groups -OCH3 is 1. The summed E-state index contributed by atoms with van der Waals surface area (Å²) in [6.45, 7) is 4.14. The summed E-state index contributed by atoms with van der Waals surface area (Å²) in [5, 5.41) is 0. The van der Waals surface area contributed by atoms with E-state index in [-0.39, 0.29) is 0 Å². The minimum Gasteiger partial charge on any atom is -0.494 e. The van der Waals surface area contributed by atoms with Crippen LogP contribution in [0.5, 0.6) is 5.75 Å². The summed E-state index contributed by atoms with van der Waals surface area (Å²) >= 11 is 3.40. The first-order valence-electron chi connectivity index (χ1n) is 6.03. The molecule has 0 unspecified atom stereocenters. The number of hydrogen-bond acceptors (Lipinski definition) is 3. The second-order valence-corrected chi connectivity index (χ2v) is 5.44. The van der Waals surface area contributed by atoms with Crippen molar-refractivity contribution in [1.29, 1.82) is 0 Å². The Hall–Kier alpha value is -1.55. The van der Waals surface area contributed by atoms with Gasteiger partial charge in [0.2, 0.25) is 0 Å². The molecule has 0 aliphatic heterocycles. The first-order valence-corrected chi connectivity index (χ1v) is 6.82. The molecule has 0 N–H and O–H groups in total. The van der Waals surface area contributed by atoms with E-state index in [2.05, 4.69) is 46.9 Å². The summed E-state index contributed by atoms with van der Waals surface area (Å²) < 4.78 is 6.49. The lowest BCUT2D eigenvalue weighted by Crippen LogP contribution is -2.13. The van der Waals surface area contributed by atoms with E-state index in [0.717, 1.165) is 27.3 Å². The second kappa shape index (κ2) is 5.61. The highest BCUT2D eigenvalue weighted by Gasteiger charge is 2.13. The summed E-state index contributed by atoms with van der Waals surface area (Å²) in [5.74, 6) is 1.77. The van der Waals surface area contributed by atoms with Crippen LogP contribution in [-0.4, -0.2) is 19.1 Å². The largest absolute Gasteiger partial charge is 0.494 e. The Morgan fingerprint density at radius 2 is 1.95 bits per heavy atom. The average molecular weight is 321 g/mol. The Morgan fingerprint density at radius 3 is 2.53 bits per heavy atom. The van der Waals surface area contributed by atoms with Crippen LogP contribution in [0.1, 0.15) is 11.1 Å². The Labute approximate surface area is 122 Å². The number of pyridine rings is 1. The van der Waals surface area contributed by atoms with Gasteiger partial charge < -0.3 is 9.64 Å². The number of hydrogen-bond donors (Lipinski definition) is 0. The van der Waals surface area contributed by atoms with E-state index in [0.29, 0.717) is 0 Å². The molecule has 19 heavy (non-hydrogen) atoms. The van der Waals surface area contributed by atoms with Gasteiger partial charge in [-0.25, -0.2) is 4.98 Å². The first kappa shape index (κ1) is 13.9. The smallest absolute Gasteiger partial charge is 0.145 e. The van der Waals surface area contributed by atoms with Crippen LogP contribution in [0.4, 0.5) is 11.5 Å². The first-order chi connectivity index (χ1) is 9.02. The van der Waals surface area contributed by atoms with Crippen molar-refractivity contribution in [2.24, 2.45) is 0 Å². The molecule has 0 aliphatic carbocycles. The fourth-order valence-electron chi connectivity index (χ4n) is 2.14. The quantitative estimate of drug-likeness (QED) is 0.845. The van der Waals surface area contributed by atoms with E-state index in [1.807, 2.05) is 24.1 Å². The molecule has 1 aromatic heterocycles. The van der Waals surface area contributed by atoms with Crippen molar-refractivity contribution >= 4 is 27.4 Å². The molecule has 2 rings (SSSR count). The third kappa shape index (κ3) is 2.89. The summed E-state index contributed by atoms with van der Waals surface area (Å²) in [4.78, 5) is 6.45. The van der Waals surface area contributed by atoms with Crippen LogP contribution >= 0.6 is 15.9 Å². The zero-order valence-electron chi connectivity index (χ0n) is 11.6. The van der Waals surface area contributed by atoms with Gasteiger partial charge in [-0.2, -0.15) is 0 Å². The fourth-order valence-corrected chi connectivity index (χ4v) is 2.37. The second-order valence-electron chi connectivity index (χ2n) is 4.53. The molecule has 0 aliphatic rings. The van der Waals surface area contributed by atoms with Gasteiger partial charge in [0.05, 0.1) is 12.8 Å². The van der Waals surface area contributed by atoms with Crippen molar-refractivity contribution in [3.05, 3.63) is 46.1 Å². The number of aryl methyl sites for hydroxylation is 2. The van der Waals surface area contributed by atoms with Gasteiger partial charge in [-0.1, -0.05) is 6.07 Å². The van der Waals surface area contributed by atoms with Gasteiger partial charge in [-0.05, 0) is 59.1 Å². The summed E-state index contributed by atoms with van der Waals surface area (Å²) in [6.07, 6.45) is 1.79. The van der Waals surface area contributed by atoms with Crippen LogP contribution in [0, 0.1) is 13.8 Å². The third-order valence-corrected chi connectivity index (χ3v) is 3.49. The molecule has 1 heterocycles. The lowest BCUT2D eigenvalue weighted by molar-refractivity contribution is 0.412. The number of anilines is 2. The molecule has 0 spiro atoms. The fraction of sp³-hybridized carbons (Fsp3) is 0.267. The van der Waals surface area contributed by atoms with Gasteiger partial charge in [0, 0.05) is 17.7 Å². The van der Waals surface area contributed by atoms with E-state index >= 15 is 0 Å². The molecule has 0 saturated carbocycles. The van der Waals surface area contributed by atoms with Crippen LogP contribution in [0.25, 0.3) is 0 Å². The van der Waals surface area contributed by atoms with Crippen molar-refractivity contribution in [3.63, 3.8) is 0 Å². The maximum Gasteiger partial charge on any atom is 0.145 e. The van der Waals surface area contributed by atoms with Crippen LogP contribution in [0.15, 0.2) is 34.9 Å². The Balaban J connectivity index is 2.48. The number of aromatic nitrogens is 1.